The molecule has 1 N–H and O–H groups in total. The van der Waals surface area contributed by atoms with Gasteiger partial charge in [0.25, 0.3) is 0 Å². The molecular formula is C16H24N2O. The summed E-state index contributed by atoms with van der Waals surface area (Å²) in [7, 11) is 0. The summed E-state index contributed by atoms with van der Waals surface area (Å²) in [6, 6.07) is 12.7. The Morgan fingerprint density at radius 2 is 2.05 bits per heavy atom. The van der Waals surface area contributed by atoms with Gasteiger partial charge in [-0.25, -0.2) is 0 Å². The third kappa shape index (κ3) is 6.37. The highest BCUT2D eigenvalue weighted by atomic mass is 16.5. The molecule has 1 aromatic carbocycles. The van der Waals surface area contributed by atoms with Crippen LogP contribution in [0.1, 0.15) is 32.3 Å². The largest absolute Gasteiger partial charge is 0.378 e. The molecule has 0 aliphatic heterocycles. The van der Waals surface area contributed by atoms with Crippen molar-refractivity contribution in [3.05, 3.63) is 35.9 Å². The monoisotopic (exact) mass is 260 g/mol. The summed E-state index contributed by atoms with van der Waals surface area (Å²) in [5, 5.41) is 12.4. The summed E-state index contributed by atoms with van der Waals surface area (Å²) >= 11 is 0. The highest BCUT2D eigenvalue weighted by molar-refractivity contribution is 5.14. The number of nitrogens with one attached hydrogen (secondary N) is 1. The first-order valence-corrected chi connectivity index (χ1v) is 6.98. The molecule has 1 aromatic rings. The number of benzene rings is 1. The molecule has 0 saturated heterocycles. The van der Waals surface area contributed by atoms with E-state index in [9.17, 15) is 0 Å². The Hall–Kier alpha value is -1.37. The molecule has 0 heterocycles. The van der Waals surface area contributed by atoms with Crippen LogP contribution in [0.4, 0.5) is 0 Å². The minimum absolute atomic E-state index is 0.443. The van der Waals surface area contributed by atoms with Crippen LogP contribution in [0.3, 0.4) is 0 Å². The van der Waals surface area contributed by atoms with Gasteiger partial charge in [0.05, 0.1) is 12.7 Å². The van der Waals surface area contributed by atoms with Crippen LogP contribution < -0.4 is 5.32 Å². The lowest BCUT2D eigenvalue weighted by molar-refractivity contribution is 0.0938. The molecule has 19 heavy (non-hydrogen) atoms. The molecule has 0 radical (unpaired) electrons. The van der Waals surface area contributed by atoms with Gasteiger partial charge in [0.15, 0.2) is 0 Å². The summed E-state index contributed by atoms with van der Waals surface area (Å²) in [5.74, 6) is 0. The topological polar surface area (TPSA) is 45.0 Å². The predicted octanol–water partition coefficient (Wildman–Crippen LogP) is 2.92. The molecule has 0 bridgehead atoms. The van der Waals surface area contributed by atoms with Gasteiger partial charge in [-0.05, 0) is 38.3 Å². The number of aryl methyl sites for hydroxylation is 1. The number of nitrogens with zero attached hydrogens (tertiary/aromatic N) is 1. The van der Waals surface area contributed by atoms with Crippen molar-refractivity contribution < 1.29 is 4.74 Å². The van der Waals surface area contributed by atoms with Crippen molar-refractivity contribution in [2.24, 2.45) is 0 Å². The maximum Gasteiger partial charge on any atom is 0.127 e. The Balaban J connectivity index is 2.17. The normalized spacial score (nSPS) is 13.7. The van der Waals surface area contributed by atoms with Gasteiger partial charge in [-0.15, -0.1) is 0 Å². The Morgan fingerprint density at radius 1 is 1.32 bits per heavy atom. The summed E-state index contributed by atoms with van der Waals surface area (Å²) in [5.41, 5.74) is 0.765. The molecule has 0 saturated carbocycles. The molecule has 1 unspecified atom stereocenters. The molecule has 0 aliphatic rings. The maximum absolute atomic E-state index is 9.15. The molecule has 0 spiro atoms. The fraction of sp³-hybridized carbons (Fsp3) is 0.562. The smallest absolute Gasteiger partial charge is 0.127 e. The lowest BCUT2D eigenvalue weighted by Crippen LogP contribution is -2.45. The van der Waals surface area contributed by atoms with E-state index < -0.39 is 5.54 Å². The number of rotatable bonds is 9. The van der Waals surface area contributed by atoms with Gasteiger partial charge >= 0.3 is 0 Å². The number of ether oxygens (including phenoxy) is 1. The Labute approximate surface area is 116 Å². The van der Waals surface area contributed by atoms with Crippen LogP contribution in [0.5, 0.6) is 0 Å². The second-order valence-corrected chi connectivity index (χ2v) is 5.01. The van der Waals surface area contributed by atoms with Crippen molar-refractivity contribution in [1.82, 2.24) is 5.32 Å². The first-order chi connectivity index (χ1) is 9.20. The van der Waals surface area contributed by atoms with E-state index >= 15 is 0 Å². The minimum Gasteiger partial charge on any atom is -0.378 e. The molecule has 0 aromatic heterocycles. The zero-order chi connectivity index (χ0) is 14.0. The molecule has 1 rings (SSSR count). The van der Waals surface area contributed by atoms with Crippen molar-refractivity contribution in [1.29, 1.82) is 5.26 Å². The van der Waals surface area contributed by atoms with E-state index in [4.69, 9.17) is 10.00 Å². The summed E-state index contributed by atoms with van der Waals surface area (Å²) in [6.45, 7) is 5.96. The van der Waals surface area contributed by atoms with Crippen molar-refractivity contribution in [3.8, 4) is 6.07 Å². The van der Waals surface area contributed by atoms with Gasteiger partial charge in [0.1, 0.15) is 5.54 Å². The molecular weight excluding hydrogens is 236 g/mol. The second kappa shape index (κ2) is 8.68. The lowest BCUT2D eigenvalue weighted by atomic mass is 10.1. The van der Waals surface area contributed by atoms with Crippen molar-refractivity contribution >= 4 is 0 Å². The van der Waals surface area contributed by atoms with Crippen LogP contribution in [0.15, 0.2) is 30.3 Å². The van der Waals surface area contributed by atoms with E-state index in [0.717, 1.165) is 25.8 Å². The number of hydrogen-bond donors (Lipinski definition) is 1. The number of hydrogen-bond acceptors (Lipinski definition) is 3. The average Bonchev–Trinajstić information content (AvgIpc) is 2.46. The Bertz CT molecular complexity index is 385. The molecule has 104 valence electrons. The standard InChI is InChI=1S/C16H24N2O/c1-3-11-18-16(2,13-17)14-19-12-7-10-15-8-5-4-6-9-15/h4-6,8-9,18H,3,7,10-12,14H2,1-2H3. The number of nitriles is 1. The summed E-state index contributed by atoms with van der Waals surface area (Å²) < 4.78 is 5.62. The van der Waals surface area contributed by atoms with Crippen LogP contribution in [-0.4, -0.2) is 25.3 Å². The maximum atomic E-state index is 9.15. The second-order valence-electron chi connectivity index (χ2n) is 5.01. The van der Waals surface area contributed by atoms with Crippen molar-refractivity contribution in [2.75, 3.05) is 19.8 Å². The third-order valence-electron chi connectivity index (χ3n) is 3.00. The Kier molecular flexibility index (Phi) is 7.17. The average molecular weight is 260 g/mol. The van der Waals surface area contributed by atoms with Gasteiger partial charge in [-0.3, -0.25) is 5.32 Å². The van der Waals surface area contributed by atoms with Gasteiger partial charge in [-0.1, -0.05) is 37.3 Å². The predicted molar refractivity (Wildman–Crippen MR) is 77.9 cm³/mol. The van der Waals surface area contributed by atoms with Gasteiger partial charge in [-0.2, -0.15) is 5.26 Å². The van der Waals surface area contributed by atoms with E-state index in [1.165, 1.54) is 5.56 Å². The molecule has 3 heteroatoms. The zero-order valence-corrected chi connectivity index (χ0v) is 12.0. The van der Waals surface area contributed by atoms with Crippen LogP contribution in [0, 0.1) is 11.3 Å². The molecule has 1 atom stereocenters. The zero-order valence-electron chi connectivity index (χ0n) is 12.0. The van der Waals surface area contributed by atoms with Crippen LogP contribution in [-0.2, 0) is 11.2 Å². The molecule has 0 amide bonds. The SMILES string of the molecule is CCCNC(C)(C#N)COCCCc1ccccc1. The van der Waals surface area contributed by atoms with E-state index in [-0.39, 0.29) is 0 Å². The molecule has 0 fully saturated rings. The molecule has 0 aliphatic carbocycles. The van der Waals surface area contributed by atoms with Crippen LogP contribution >= 0.6 is 0 Å². The van der Waals surface area contributed by atoms with Crippen molar-refractivity contribution in [2.45, 2.75) is 38.6 Å². The fourth-order valence-corrected chi connectivity index (χ4v) is 1.82. The van der Waals surface area contributed by atoms with E-state index in [2.05, 4.69) is 42.6 Å². The highest BCUT2D eigenvalue weighted by Crippen LogP contribution is 2.05. The Morgan fingerprint density at radius 3 is 2.68 bits per heavy atom. The van der Waals surface area contributed by atoms with E-state index in [1.807, 2.05) is 13.0 Å². The first kappa shape index (κ1) is 15.7. The molecule has 3 nitrogen and oxygen atoms in total. The quantitative estimate of drug-likeness (QED) is 0.694. The van der Waals surface area contributed by atoms with E-state index in [1.54, 1.807) is 0 Å². The third-order valence-corrected chi connectivity index (χ3v) is 3.00. The van der Waals surface area contributed by atoms with Gasteiger partial charge < -0.3 is 4.74 Å². The minimum atomic E-state index is -0.567. The first-order valence-electron chi connectivity index (χ1n) is 6.98. The van der Waals surface area contributed by atoms with Crippen LogP contribution in [0.25, 0.3) is 0 Å². The van der Waals surface area contributed by atoms with Gasteiger partial charge in [0.2, 0.25) is 0 Å². The highest BCUT2D eigenvalue weighted by Gasteiger charge is 2.22. The van der Waals surface area contributed by atoms with Gasteiger partial charge in [0, 0.05) is 6.61 Å². The van der Waals surface area contributed by atoms with Crippen molar-refractivity contribution in [3.63, 3.8) is 0 Å². The van der Waals surface area contributed by atoms with E-state index in [0.29, 0.717) is 13.2 Å². The summed E-state index contributed by atoms with van der Waals surface area (Å²) in [6.07, 6.45) is 3.02. The lowest BCUT2D eigenvalue weighted by Gasteiger charge is -2.22. The van der Waals surface area contributed by atoms with Crippen LogP contribution in [0.2, 0.25) is 0 Å². The fourth-order valence-electron chi connectivity index (χ4n) is 1.82. The summed E-state index contributed by atoms with van der Waals surface area (Å²) in [4.78, 5) is 0.